The molecule has 1 saturated heterocycles. The molecule has 1 unspecified atom stereocenters. The van der Waals surface area contributed by atoms with Crippen LogP contribution in [0.2, 0.25) is 0 Å². The SMILES string of the molecule is C=CC(C)NCC(=O)N1CCC(C(=O)O)CC1. The second kappa shape index (κ2) is 6.39. The van der Waals surface area contributed by atoms with E-state index in [9.17, 15) is 9.59 Å². The van der Waals surface area contributed by atoms with Crippen molar-refractivity contribution >= 4 is 11.9 Å². The molecular formula is C12H20N2O3. The van der Waals surface area contributed by atoms with E-state index in [-0.39, 0.29) is 24.4 Å². The summed E-state index contributed by atoms with van der Waals surface area (Å²) in [5, 5.41) is 11.9. The smallest absolute Gasteiger partial charge is 0.306 e. The average Bonchev–Trinajstić information content (AvgIpc) is 2.35. The van der Waals surface area contributed by atoms with Crippen LogP contribution in [0.15, 0.2) is 12.7 Å². The van der Waals surface area contributed by atoms with Crippen molar-refractivity contribution in [2.75, 3.05) is 19.6 Å². The van der Waals surface area contributed by atoms with Crippen LogP contribution in [0.3, 0.4) is 0 Å². The molecule has 1 amide bonds. The maximum absolute atomic E-state index is 11.8. The van der Waals surface area contributed by atoms with Crippen LogP contribution in [0.5, 0.6) is 0 Å². The van der Waals surface area contributed by atoms with Crippen LogP contribution in [0.1, 0.15) is 19.8 Å². The number of nitrogens with zero attached hydrogens (tertiary/aromatic N) is 1. The normalized spacial score (nSPS) is 18.8. The lowest BCUT2D eigenvalue weighted by molar-refractivity contribution is -0.145. The lowest BCUT2D eigenvalue weighted by atomic mass is 9.97. The minimum Gasteiger partial charge on any atom is -0.481 e. The fourth-order valence-corrected chi connectivity index (χ4v) is 1.82. The van der Waals surface area contributed by atoms with Crippen LogP contribution in [-0.2, 0) is 9.59 Å². The Morgan fingerprint density at radius 1 is 1.53 bits per heavy atom. The van der Waals surface area contributed by atoms with Gasteiger partial charge in [0.05, 0.1) is 12.5 Å². The van der Waals surface area contributed by atoms with Gasteiger partial charge in [-0.05, 0) is 19.8 Å². The highest BCUT2D eigenvalue weighted by Crippen LogP contribution is 2.17. The van der Waals surface area contributed by atoms with Gasteiger partial charge in [0, 0.05) is 19.1 Å². The van der Waals surface area contributed by atoms with E-state index >= 15 is 0 Å². The third-order valence-corrected chi connectivity index (χ3v) is 3.13. The highest BCUT2D eigenvalue weighted by molar-refractivity contribution is 5.79. The van der Waals surface area contributed by atoms with Crippen molar-refractivity contribution in [3.8, 4) is 0 Å². The fourth-order valence-electron chi connectivity index (χ4n) is 1.82. The van der Waals surface area contributed by atoms with E-state index in [1.165, 1.54) is 0 Å². The Labute approximate surface area is 101 Å². The number of hydrogen-bond donors (Lipinski definition) is 2. The van der Waals surface area contributed by atoms with Crippen molar-refractivity contribution in [3.05, 3.63) is 12.7 Å². The summed E-state index contributed by atoms with van der Waals surface area (Å²) in [5.74, 6) is -1.02. The van der Waals surface area contributed by atoms with Crippen LogP contribution in [0, 0.1) is 5.92 Å². The molecule has 1 aliphatic heterocycles. The van der Waals surface area contributed by atoms with Crippen molar-refractivity contribution in [3.63, 3.8) is 0 Å². The Morgan fingerprint density at radius 2 is 2.12 bits per heavy atom. The molecular weight excluding hydrogens is 220 g/mol. The van der Waals surface area contributed by atoms with E-state index in [1.807, 2.05) is 6.92 Å². The van der Waals surface area contributed by atoms with Gasteiger partial charge in [-0.2, -0.15) is 0 Å². The van der Waals surface area contributed by atoms with E-state index < -0.39 is 5.97 Å². The average molecular weight is 240 g/mol. The second-order valence-electron chi connectivity index (χ2n) is 4.40. The van der Waals surface area contributed by atoms with Crippen molar-refractivity contribution in [2.45, 2.75) is 25.8 Å². The molecule has 0 spiro atoms. The number of carbonyl (C=O) groups excluding carboxylic acids is 1. The molecule has 0 aromatic carbocycles. The number of carboxylic acids is 1. The summed E-state index contributed by atoms with van der Waals surface area (Å²) in [6.45, 7) is 6.92. The quantitative estimate of drug-likeness (QED) is 0.686. The summed E-state index contributed by atoms with van der Waals surface area (Å²) >= 11 is 0. The number of carboxylic acid groups (broad SMARTS) is 1. The molecule has 0 aliphatic carbocycles. The molecule has 17 heavy (non-hydrogen) atoms. The summed E-state index contributed by atoms with van der Waals surface area (Å²) in [6, 6.07) is 0.107. The Kier molecular flexibility index (Phi) is 5.15. The zero-order valence-electron chi connectivity index (χ0n) is 10.2. The number of amides is 1. The number of carbonyl (C=O) groups is 2. The number of nitrogens with one attached hydrogen (secondary N) is 1. The lowest BCUT2D eigenvalue weighted by Gasteiger charge is -2.30. The second-order valence-corrected chi connectivity index (χ2v) is 4.40. The Hall–Kier alpha value is -1.36. The molecule has 1 aliphatic rings. The minimum absolute atomic E-state index is 0.0301. The van der Waals surface area contributed by atoms with Gasteiger partial charge in [0.25, 0.3) is 0 Å². The van der Waals surface area contributed by atoms with E-state index in [0.29, 0.717) is 25.9 Å². The first kappa shape index (κ1) is 13.7. The van der Waals surface area contributed by atoms with Gasteiger partial charge in [-0.3, -0.25) is 9.59 Å². The van der Waals surface area contributed by atoms with Gasteiger partial charge in [-0.1, -0.05) is 6.08 Å². The Morgan fingerprint density at radius 3 is 2.59 bits per heavy atom. The Bertz CT molecular complexity index is 296. The highest BCUT2D eigenvalue weighted by Gasteiger charge is 2.26. The topological polar surface area (TPSA) is 69.6 Å². The number of rotatable bonds is 5. The minimum atomic E-state index is -0.754. The first-order chi connectivity index (χ1) is 8.04. The third-order valence-electron chi connectivity index (χ3n) is 3.13. The lowest BCUT2D eigenvalue weighted by Crippen LogP contribution is -2.45. The van der Waals surface area contributed by atoms with Gasteiger partial charge in [-0.15, -0.1) is 6.58 Å². The molecule has 2 N–H and O–H groups in total. The molecule has 1 fully saturated rings. The van der Waals surface area contributed by atoms with Gasteiger partial charge in [0.2, 0.25) is 5.91 Å². The fraction of sp³-hybridized carbons (Fsp3) is 0.667. The zero-order valence-corrected chi connectivity index (χ0v) is 10.2. The van der Waals surface area contributed by atoms with Gasteiger partial charge in [0.1, 0.15) is 0 Å². The standard InChI is InChI=1S/C12H20N2O3/c1-3-9(2)13-8-11(15)14-6-4-10(5-7-14)12(16)17/h3,9-10,13H,1,4-8H2,2H3,(H,16,17). The summed E-state index contributed by atoms with van der Waals surface area (Å²) in [5.41, 5.74) is 0. The van der Waals surface area contributed by atoms with Gasteiger partial charge in [-0.25, -0.2) is 0 Å². The summed E-state index contributed by atoms with van der Waals surface area (Å²) < 4.78 is 0. The molecule has 5 nitrogen and oxygen atoms in total. The zero-order chi connectivity index (χ0) is 12.8. The molecule has 0 aromatic rings. The largest absolute Gasteiger partial charge is 0.481 e. The molecule has 0 saturated carbocycles. The monoisotopic (exact) mass is 240 g/mol. The number of likely N-dealkylation sites (tertiary alicyclic amines) is 1. The molecule has 1 heterocycles. The predicted molar refractivity (Wildman–Crippen MR) is 64.6 cm³/mol. The van der Waals surface area contributed by atoms with Gasteiger partial charge < -0.3 is 15.3 Å². The number of piperidine rings is 1. The Balaban J connectivity index is 2.31. The molecule has 0 aromatic heterocycles. The first-order valence-corrected chi connectivity index (χ1v) is 5.91. The molecule has 96 valence electrons. The van der Waals surface area contributed by atoms with E-state index in [4.69, 9.17) is 5.11 Å². The van der Waals surface area contributed by atoms with Crippen molar-refractivity contribution in [2.24, 2.45) is 5.92 Å². The van der Waals surface area contributed by atoms with Crippen molar-refractivity contribution in [1.29, 1.82) is 0 Å². The summed E-state index contributed by atoms with van der Waals surface area (Å²) in [7, 11) is 0. The molecule has 1 rings (SSSR count). The van der Waals surface area contributed by atoms with Crippen LogP contribution in [-0.4, -0.2) is 47.6 Å². The van der Waals surface area contributed by atoms with E-state index in [2.05, 4.69) is 11.9 Å². The van der Waals surface area contributed by atoms with Crippen LogP contribution >= 0.6 is 0 Å². The highest BCUT2D eigenvalue weighted by atomic mass is 16.4. The molecule has 0 bridgehead atoms. The molecule has 5 heteroatoms. The summed E-state index contributed by atoms with van der Waals surface area (Å²) in [4.78, 5) is 24.3. The van der Waals surface area contributed by atoms with Crippen molar-refractivity contribution in [1.82, 2.24) is 10.2 Å². The number of hydrogen-bond acceptors (Lipinski definition) is 3. The first-order valence-electron chi connectivity index (χ1n) is 5.91. The summed E-state index contributed by atoms with van der Waals surface area (Å²) in [6.07, 6.45) is 2.85. The maximum atomic E-state index is 11.8. The van der Waals surface area contributed by atoms with Crippen LogP contribution in [0.25, 0.3) is 0 Å². The van der Waals surface area contributed by atoms with Gasteiger partial charge >= 0.3 is 5.97 Å². The van der Waals surface area contributed by atoms with E-state index in [1.54, 1.807) is 11.0 Å². The molecule has 1 atom stereocenters. The number of aliphatic carboxylic acids is 1. The van der Waals surface area contributed by atoms with Crippen molar-refractivity contribution < 1.29 is 14.7 Å². The predicted octanol–water partition coefficient (Wildman–Crippen LogP) is 0.474. The third kappa shape index (κ3) is 4.19. The van der Waals surface area contributed by atoms with Gasteiger partial charge in [0.15, 0.2) is 0 Å². The molecule has 0 radical (unpaired) electrons. The van der Waals surface area contributed by atoms with E-state index in [0.717, 1.165) is 0 Å². The van der Waals surface area contributed by atoms with Crippen LogP contribution < -0.4 is 5.32 Å². The van der Waals surface area contributed by atoms with Crippen LogP contribution in [0.4, 0.5) is 0 Å². The maximum Gasteiger partial charge on any atom is 0.306 e.